The largest absolute Gasteiger partial charge is 0.371 e. The SMILES string of the molecule is CNc1nn2c(=O)n(Cc3ccc(C)cc3)nc2c(-c2ccc(Cl)cc2)c1-c1ccc(Cl)cc1. The van der Waals surface area contributed by atoms with Crippen LogP contribution in [-0.4, -0.2) is 26.4 Å². The first-order valence-electron chi connectivity index (χ1n) is 10.7. The number of nitrogens with zero attached hydrogens (tertiary/aromatic N) is 4. The lowest BCUT2D eigenvalue weighted by molar-refractivity contribution is 0.650. The number of hydrogen-bond acceptors (Lipinski definition) is 4. The van der Waals surface area contributed by atoms with Gasteiger partial charge >= 0.3 is 5.69 Å². The molecule has 5 rings (SSSR count). The van der Waals surface area contributed by atoms with Crippen LogP contribution in [0.5, 0.6) is 0 Å². The number of hydrogen-bond donors (Lipinski definition) is 1. The van der Waals surface area contributed by atoms with Gasteiger partial charge in [-0.3, -0.25) is 0 Å². The standard InChI is InChI=1S/C26H21Cl2N5O/c1-16-3-5-17(6-4-16)15-32-26(34)33-25(31-32)23(19-9-13-21(28)14-10-19)22(24(29-2)30-33)18-7-11-20(27)12-8-18/h3-14H,15H2,1-2H3,(H,29,30). The van der Waals surface area contributed by atoms with Gasteiger partial charge in [0.25, 0.3) is 0 Å². The van der Waals surface area contributed by atoms with Crippen LogP contribution >= 0.6 is 23.2 Å². The number of benzene rings is 3. The zero-order valence-corrected chi connectivity index (χ0v) is 20.1. The molecule has 3 aromatic carbocycles. The van der Waals surface area contributed by atoms with Crippen molar-refractivity contribution in [1.29, 1.82) is 0 Å². The third-order valence-electron chi connectivity index (χ3n) is 5.68. The summed E-state index contributed by atoms with van der Waals surface area (Å²) in [7, 11) is 1.78. The van der Waals surface area contributed by atoms with Crippen molar-refractivity contribution in [2.45, 2.75) is 13.5 Å². The minimum Gasteiger partial charge on any atom is -0.371 e. The van der Waals surface area contributed by atoms with Gasteiger partial charge in [0, 0.05) is 28.2 Å². The van der Waals surface area contributed by atoms with Gasteiger partial charge in [-0.1, -0.05) is 77.3 Å². The van der Waals surface area contributed by atoms with E-state index in [0.717, 1.165) is 33.4 Å². The summed E-state index contributed by atoms with van der Waals surface area (Å²) in [6.45, 7) is 2.37. The molecule has 0 atom stereocenters. The van der Waals surface area contributed by atoms with Gasteiger partial charge in [-0.15, -0.1) is 10.2 Å². The van der Waals surface area contributed by atoms with Gasteiger partial charge in [-0.25, -0.2) is 9.48 Å². The molecule has 5 aromatic rings. The van der Waals surface area contributed by atoms with E-state index in [1.165, 1.54) is 9.20 Å². The van der Waals surface area contributed by atoms with E-state index in [1.807, 2.05) is 79.7 Å². The highest BCUT2D eigenvalue weighted by atomic mass is 35.5. The zero-order chi connectivity index (χ0) is 23.8. The molecular weight excluding hydrogens is 469 g/mol. The molecule has 0 aliphatic carbocycles. The molecule has 8 heteroatoms. The summed E-state index contributed by atoms with van der Waals surface area (Å²) in [5, 5.41) is 13.8. The molecular formula is C26H21Cl2N5O. The summed E-state index contributed by atoms with van der Waals surface area (Å²) in [5.74, 6) is 0.553. The fourth-order valence-corrected chi connectivity index (χ4v) is 4.21. The average molecular weight is 490 g/mol. The first-order valence-corrected chi connectivity index (χ1v) is 11.5. The molecule has 170 valence electrons. The number of fused-ring (bicyclic) bond motifs is 1. The summed E-state index contributed by atoms with van der Waals surface area (Å²) >= 11 is 12.3. The first kappa shape index (κ1) is 22.2. The highest BCUT2D eigenvalue weighted by Crippen LogP contribution is 2.39. The summed E-state index contributed by atoms with van der Waals surface area (Å²) in [4.78, 5) is 13.3. The Bertz CT molecular complexity index is 1540. The van der Waals surface area contributed by atoms with E-state index in [2.05, 4.69) is 10.4 Å². The van der Waals surface area contributed by atoms with Crippen LogP contribution in [-0.2, 0) is 6.54 Å². The lowest BCUT2D eigenvalue weighted by atomic mass is 9.96. The second-order valence-electron chi connectivity index (χ2n) is 8.02. The topological polar surface area (TPSA) is 64.2 Å². The number of halogens is 2. The van der Waals surface area contributed by atoms with E-state index in [-0.39, 0.29) is 5.69 Å². The van der Waals surface area contributed by atoms with E-state index in [9.17, 15) is 4.79 Å². The molecule has 0 unspecified atom stereocenters. The Morgan fingerprint density at radius 3 is 1.91 bits per heavy atom. The smallest absolute Gasteiger partial charge is 0.367 e. The zero-order valence-electron chi connectivity index (χ0n) is 18.6. The lowest BCUT2D eigenvalue weighted by Gasteiger charge is -2.15. The van der Waals surface area contributed by atoms with Crippen molar-refractivity contribution in [2.75, 3.05) is 12.4 Å². The van der Waals surface area contributed by atoms with Gasteiger partial charge < -0.3 is 5.32 Å². The lowest BCUT2D eigenvalue weighted by Crippen LogP contribution is -2.23. The summed E-state index contributed by atoms with van der Waals surface area (Å²) in [6, 6.07) is 23.0. The Morgan fingerprint density at radius 2 is 1.35 bits per heavy atom. The number of anilines is 1. The fraction of sp³-hybridized carbons (Fsp3) is 0.115. The Morgan fingerprint density at radius 1 is 0.794 bits per heavy atom. The van der Waals surface area contributed by atoms with Gasteiger partial charge in [-0.2, -0.15) is 4.52 Å². The van der Waals surface area contributed by atoms with Crippen LogP contribution in [0.15, 0.2) is 77.6 Å². The van der Waals surface area contributed by atoms with Crippen LogP contribution in [0.1, 0.15) is 11.1 Å². The van der Waals surface area contributed by atoms with Gasteiger partial charge in [0.15, 0.2) is 11.5 Å². The number of aryl methyl sites for hydroxylation is 1. The highest BCUT2D eigenvalue weighted by molar-refractivity contribution is 6.31. The maximum atomic E-state index is 13.3. The molecule has 6 nitrogen and oxygen atoms in total. The third kappa shape index (κ3) is 4.06. The van der Waals surface area contributed by atoms with E-state index in [1.54, 1.807) is 7.05 Å². The maximum absolute atomic E-state index is 13.3. The normalized spacial score (nSPS) is 11.2. The summed E-state index contributed by atoms with van der Waals surface area (Å²) < 4.78 is 2.79. The second kappa shape index (κ2) is 8.97. The predicted octanol–water partition coefficient (Wildman–Crippen LogP) is 5.93. The molecule has 34 heavy (non-hydrogen) atoms. The molecule has 0 saturated heterocycles. The molecule has 0 amide bonds. The Balaban J connectivity index is 1.80. The summed E-state index contributed by atoms with van der Waals surface area (Å²) in [6.07, 6.45) is 0. The molecule has 0 aliphatic rings. The van der Waals surface area contributed by atoms with E-state index < -0.39 is 0 Å². The first-order chi connectivity index (χ1) is 16.4. The molecule has 0 fully saturated rings. The maximum Gasteiger partial charge on any atom is 0.367 e. The van der Waals surface area contributed by atoms with Crippen LogP contribution < -0.4 is 11.0 Å². The van der Waals surface area contributed by atoms with E-state index in [4.69, 9.17) is 28.3 Å². The average Bonchev–Trinajstić information content (AvgIpc) is 3.15. The van der Waals surface area contributed by atoms with E-state index >= 15 is 0 Å². The van der Waals surface area contributed by atoms with Crippen molar-refractivity contribution in [1.82, 2.24) is 19.4 Å². The summed E-state index contributed by atoms with van der Waals surface area (Å²) in [5.41, 5.74) is 5.65. The number of rotatable bonds is 5. The number of nitrogens with one attached hydrogen (secondary N) is 1. The van der Waals surface area contributed by atoms with Gasteiger partial charge in [0.05, 0.1) is 6.54 Å². The van der Waals surface area contributed by atoms with Crippen LogP contribution in [0, 0.1) is 6.92 Å². The fourth-order valence-electron chi connectivity index (χ4n) is 3.96. The second-order valence-corrected chi connectivity index (χ2v) is 8.90. The predicted molar refractivity (Wildman–Crippen MR) is 138 cm³/mol. The van der Waals surface area contributed by atoms with Crippen LogP contribution in [0.4, 0.5) is 5.82 Å². The Labute approximate surface area is 206 Å². The van der Waals surface area contributed by atoms with Crippen LogP contribution in [0.3, 0.4) is 0 Å². The van der Waals surface area contributed by atoms with Crippen molar-refractivity contribution < 1.29 is 0 Å². The van der Waals surface area contributed by atoms with Crippen molar-refractivity contribution in [3.05, 3.63) is 104 Å². The Hall–Kier alpha value is -3.61. The molecule has 0 spiro atoms. The molecule has 0 bridgehead atoms. The monoisotopic (exact) mass is 489 g/mol. The minimum atomic E-state index is -0.315. The van der Waals surface area contributed by atoms with Crippen molar-refractivity contribution >= 4 is 34.7 Å². The highest BCUT2D eigenvalue weighted by Gasteiger charge is 2.22. The van der Waals surface area contributed by atoms with Crippen LogP contribution in [0.25, 0.3) is 27.9 Å². The third-order valence-corrected chi connectivity index (χ3v) is 6.19. The van der Waals surface area contributed by atoms with Gasteiger partial charge in [-0.05, 0) is 47.9 Å². The molecule has 0 radical (unpaired) electrons. The van der Waals surface area contributed by atoms with Crippen molar-refractivity contribution in [3.8, 4) is 22.3 Å². The molecule has 2 heterocycles. The van der Waals surface area contributed by atoms with E-state index in [0.29, 0.717) is 28.1 Å². The molecule has 0 saturated carbocycles. The van der Waals surface area contributed by atoms with Crippen LogP contribution in [0.2, 0.25) is 10.0 Å². The van der Waals surface area contributed by atoms with Crippen molar-refractivity contribution in [3.63, 3.8) is 0 Å². The quantitative estimate of drug-likeness (QED) is 0.332. The Kier molecular flexibility index (Phi) is 5.86. The molecule has 2 aromatic heterocycles. The van der Waals surface area contributed by atoms with Crippen molar-refractivity contribution in [2.24, 2.45) is 0 Å². The number of aromatic nitrogens is 4. The van der Waals surface area contributed by atoms with Gasteiger partial charge in [0.1, 0.15) is 0 Å². The minimum absolute atomic E-state index is 0.315. The molecule has 0 aliphatic heterocycles. The van der Waals surface area contributed by atoms with Gasteiger partial charge in [0.2, 0.25) is 0 Å². The molecule has 1 N–H and O–H groups in total.